The molecule has 1 aromatic carbocycles. The molecule has 2 aliphatic heterocycles. The third-order valence-electron chi connectivity index (χ3n) is 5.55. The van der Waals surface area contributed by atoms with Crippen LogP contribution in [0.3, 0.4) is 0 Å². The fraction of sp³-hybridized carbons (Fsp3) is 0.524. The number of nitrogens with zero attached hydrogens (tertiary/aromatic N) is 3. The Kier molecular flexibility index (Phi) is 5.59. The van der Waals surface area contributed by atoms with E-state index in [4.69, 9.17) is 9.72 Å². The number of hydrogen-bond donors (Lipinski definition) is 1. The Labute approximate surface area is 172 Å². The maximum Gasteiger partial charge on any atom is 0.416 e. The summed E-state index contributed by atoms with van der Waals surface area (Å²) in [5, 5.41) is 0. The number of ether oxygens (including phenoxy) is 1. The summed E-state index contributed by atoms with van der Waals surface area (Å²) in [6.45, 7) is 6.94. The molecule has 1 aromatic heterocycles. The average Bonchev–Trinajstić information content (AvgIpc) is 2.66. The van der Waals surface area contributed by atoms with Crippen molar-refractivity contribution in [2.45, 2.75) is 51.7 Å². The van der Waals surface area contributed by atoms with Gasteiger partial charge in [-0.3, -0.25) is 14.7 Å². The molecule has 0 aliphatic carbocycles. The number of anilines is 1. The van der Waals surface area contributed by atoms with Crippen molar-refractivity contribution in [1.82, 2.24) is 14.9 Å². The van der Waals surface area contributed by atoms with Gasteiger partial charge in [-0.1, -0.05) is 12.1 Å². The first-order valence-corrected chi connectivity index (χ1v) is 10.1. The first-order valence-electron chi connectivity index (χ1n) is 10.1. The van der Waals surface area contributed by atoms with E-state index in [0.29, 0.717) is 50.7 Å². The summed E-state index contributed by atoms with van der Waals surface area (Å²) >= 11 is 0. The van der Waals surface area contributed by atoms with E-state index in [1.807, 2.05) is 18.7 Å². The van der Waals surface area contributed by atoms with Gasteiger partial charge in [-0.25, -0.2) is 4.98 Å². The first-order chi connectivity index (χ1) is 14.2. The second kappa shape index (κ2) is 8.03. The topological polar surface area (TPSA) is 61.5 Å². The number of aromatic amines is 1. The third kappa shape index (κ3) is 4.52. The average molecular weight is 422 g/mol. The van der Waals surface area contributed by atoms with Crippen molar-refractivity contribution in [3.63, 3.8) is 0 Å². The number of alkyl halides is 3. The molecule has 0 radical (unpaired) electrons. The van der Waals surface area contributed by atoms with Crippen molar-refractivity contribution >= 4 is 5.95 Å². The van der Waals surface area contributed by atoms with E-state index < -0.39 is 11.7 Å². The summed E-state index contributed by atoms with van der Waals surface area (Å²) < 4.78 is 44.0. The molecule has 0 unspecified atom stereocenters. The van der Waals surface area contributed by atoms with E-state index in [9.17, 15) is 18.0 Å². The predicted octanol–water partition coefficient (Wildman–Crippen LogP) is 2.96. The van der Waals surface area contributed by atoms with Crippen molar-refractivity contribution < 1.29 is 17.9 Å². The Balaban J connectivity index is 1.50. The Hall–Kier alpha value is -2.39. The van der Waals surface area contributed by atoms with Crippen LogP contribution in [0.2, 0.25) is 0 Å². The molecular weight excluding hydrogens is 397 g/mol. The lowest BCUT2D eigenvalue weighted by molar-refractivity contribution is -0.137. The van der Waals surface area contributed by atoms with E-state index in [1.165, 1.54) is 12.1 Å². The summed E-state index contributed by atoms with van der Waals surface area (Å²) in [7, 11) is 0. The SMILES string of the molecule is C[C@@H]1CN(c2nc3c(c(=O)[nH]2)CCN(Cc2ccc(C(F)(F)F)cc2)C3)C[C@H](C)O1. The zero-order chi connectivity index (χ0) is 21.5. The number of hydrogen-bond acceptors (Lipinski definition) is 5. The Morgan fingerprint density at radius 3 is 2.47 bits per heavy atom. The summed E-state index contributed by atoms with van der Waals surface area (Å²) in [6.07, 6.45) is -3.68. The fourth-order valence-electron chi connectivity index (χ4n) is 4.17. The molecule has 2 aromatic rings. The smallest absolute Gasteiger partial charge is 0.372 e. The molecular formula is C21H25F3N4O2. The van der Waals surface area contributed by atoms with Crippen molar-refractivity contribution in [3.8, 4) is 0 Å². The molecule has 3 heterocycles. The molecule has 1 saturated heterocycles. The number of fused-ring (bicyclic) bond motifs is 1. The van der Waals surface area contributed by atoms with Gasteiger partial charge in [-0.05, 0) is 38.0 Å². The standard InChI is InChI=1S/C21H25F3N4O2/c1-13-9-28(10-14(2)30-13)20-25-18-12-27(8-7-17(18)19(29)26-20)11-15-3-5-16(6-4-15)21(22,23)24/h3-6,13-14H,7-12H2,1-2H3,(H,25,26,29)/t13-,14+. The lowest BCUT2D eigenvalue weighted by Crippen LogP contribution is -2.47. The van der Waals surface area contributed by atoms with Crippen LogP contribution in [0.4, 0.5) is 19.1 Å². The van der Waals surface area contributed by atoms with Crippen molar-refractivity contribution in [2.24, 2.45) is 0 Å². The van der Waals surface area contributed by atoms with Gasteiger partial charge in [0.05, 0.1) is 23.5 Å². The minimum atomic E-state index is -4.33. The predicted molar refractivity (Wildman–Crippen MR) is 106 cm³/mol. The van der Waals surface area contributed by atoms with E-state index >= 15 is 0 Å². The Morgan fingerprint density at radius 1 is 1.17 bits per heavy atom. The molecule has 30 heavy (non-hydrogen) atoms. The summed E-state index contributed by atoms with van der Waals surface area (Å²) in [5.41, 5.74) is 1.46. The minimum Gasteiger partial charge on any atom is -0.372 e. The second-order valence-corrected chi connectivity index (χ2v) is 8.13. The fourth-order valence-corrected chi connectivity index (χ4v) is 4.17. The number of rotatable bonds is 3. The number of halogens is 3. The van der Waals surface area contributed by atoms with E-state index in [2.05, 4.69) is 9.88 Å². The van der Waals surface area contributed by atoms with Gasteiger partial charge in [0.1, 0.15) is 0 Å². The molecule has 162 valence electrons. The molecule has 0 bridgehead atoms. The molecule has 9 heteroatoms. The Morgan fingerprint density at radius 2 is 1.83 bits per heavy atom. The number of morpholine rings is 1. The van der Waals surface area contributed by atoms with E-state index in [1.54, 1.807) is 0 Å². The highest BCUT2D eigenvalue weighted by molar-refractivity contribution is 5.35. The molecule has 6 nitrogen and oxygen atoms in total. The zero-order valence-corrected chi connectivity index (χ0v) is 17.0. The van der Waals surface area contributed by atoms with Crippen LogP contribution in [0.25, 0.3) is 0 Å². The van der Waals surface area contributed by atoms with Crippen molar-refractivity contribution in [2.75, 3.05) is 24.5 Å². The van der Waals surface area contributed by atoms with Gasteiger partial charge < -0.3 is 9.64 Å². The highest BCUT2D eigenvalue weighted by atomic mass is 19.4. The highest BCUT2D eigenvalue weighted by Gasteiger charge is 2.30. The molecule has 1 fully saturated rings. The number of aromatic nitrogens is 2. The van der Waals surface area contributed by atoms with Gasteiger partial charge in [0.15, 0.2) is 0 Å². The quantitative estimate of drug-likeness (QED) is 0.824. The van der Waals surface area contributed by atoms with Gasteiger partial charge in [0.25, 0.3) is 5.56 Å². The minimum absolute atomic E-state index is 0.0475. The number of benzene rings is 1. The molecule has 0 amide bonds. The lowest BCUT2D eigenvalue weighted by Gasteiger charge is -2.36. The van der Waals surface area contributed by atoms with E-state index in [-0.39, 0.29) is 17.8 Å². The van der Waals surface area contributed by atoms with Crippen LogP contribution in [0.15, 0.2) is 29.1 Å². The molecule has 4 rings (SSSR count). The maximum atomic E-state index is 12.8. The summed E-state index contributed by atoms with van der Waals surface area (Å²) in [4.78, 5) is 24.4. The van der Waals surface area contributed by atoms with Crippen LogP contribution >= 0.6 is 0 Å². The van der Waals surface area contributed by atoms with Gasteiger partial charge in [-0.2, -0.15) is 13.2 Å². The summed E-state index contributed by atoms with van der Waals surface area (Å²) in [5.74, 6) is 0.553. The molecule has 2 aliphatic rings. The van der Waals surface area contributed by atoms with Gasteiger partial charge in [0, 0.05) is 38.3 Å². The number of H-pyrrole nitrogens is 1. The second-order valence-electron chi connectivity index (χ2n) is 8.13. The monoisotopic (exact) mass is 422 g/mol. The zero-order valence-electron chi connectivity index (χ0n) is 17.0. The summed E-state index contributed by atoms with van der Waals surface area (Å²) in [6, 6.07) is 5.22. The van der Waals surface area contributed by atoms with Gasteiger partial charge in [0.2, 0.25) is 5.95 Å². The van der Waals surface area contributed by atoms with Crippen LogP contribution in [0.5, 0.6) is 0 Å². The van der Waals surface area contributed by atoms with Crippen LogP contribution in [-0.2, 0) is 30.4 Å². The maximum absolute atomic E-state index is 12.8. The Bertz CT molecular complexity index is 948. The molecule has 2 atom stereocenters. The van der Waals surface area contributed by atoms with Gasteiger partial charge >= 0.3 is 6.18 Å². The van der Waals surface area contributed by atoms with Crippen LogP contribution in [0, 0.1) is 0 Å². The van der Waals surface area contributed by atoms with Crippen LogP contribution in [-0.4, -0.2) is 46.7 Å². The highest BCUT2D eigenvalue weighted by Crippen LogP contribution is 2.29. The van der Waals surface area contributed by atoms with E-state index in [0.717, 1.165) is 23.4 Å². The van der Waals surface area contributed by atoms with Gasteiger partial charge in [-0.15, -0.1) is 0 Å². The van der Waals surface area contributed by atoms with Crippen LogP contribution < -0.4 is 10.5 Å². The normalized spacial score (nSPS) is 22.8. The molecule has 0 spiro atoms. The molecule has 0 saturated carbocycles. The first kappa shape index (κ1) is 20.9. The van der Waals surface area contributed by atoms with Crippen LogP contribution in [0.1, 0.15) is 36.2 Å². The van der Waals surface area contributed by atoms with Crippen molar-refractivity contribution in [3.05, 3.63) is 57.0 Å². The third-order valence-corrected chi connectivity index (χ3v) is 5.55. The van der Waals surface area contributed by atoms with Crippen molar-refractivity contribution in [1.29, 1.82) is 0 Å². The largest absolute Gasteiger partial charge is 0.416 e. The number of nitrogens with one attached hydrogen (secondary N) is 1. The lowest BCUT2D eigenvalue weighted by atomic mass is 10.0. The molecule has 1 N–H and O–H groups in total.